The Morgan fingerprint density at radius 3 is 2.09 bits per heavy atom. The lowest BCUT2D eigenvalue weighted by Gasteiger charge is -2.26. The van der Waals surface area contributed by atoms with Crippen LogP contribution < -0.4 is 16.4 Å². The maximum Gasteiger partial charge on any atom is 0.314 e. The summed E-state index contributed by atoms with van der Waals surface area (Å²) in [5.74, 6) is -2.07. The molecule has 0 aliphatic carbocycles. The Kier molecular flexibility index (Phi) is 11.0. The Morgan fingerprint density at radius 1 is 0.907 bits per heavy atom. The van der Waals surface area contributed by atoms with E-state index in [0.717, 1.165) is 16.7 Å². The average molecular weight is 583 g/mol. The molecule has 9 nitrogen and oxygen atoms in total. The van der Waals surface area contributed by atoms with Crippen LogP contribution in [0.5, 0.6) is 0 Å². The number of amides is 2. The molecule has 1 aliphatic heterocycles. The molecule has 1 aliphatic rings. The van der Waals surface area contributed by atoms with Gasteiger partial charge in [-0.2, -0.15) is 0 Å². The largest absolute Gasteiger partial charge is 0.460 e. The predicted octanol–water partition coefficient (Wildman–Crippen LogP) is 4.00. The molecule has 1 heterocycles. The summed E-state index contributed by atoms with van der Waals surface area (Å²) < 4.78 is 11.5. The fourth-order valence-corrected chi connectivity index (χ4v) is 4.54. The standard InChI is InChI=1S/C34H38N4O5/c1-34(2,35)33(41)37-28(23-42-21-24-12-6-3-7-13-24)31(39)38-29-20-27(18-19-36-29)30(26-16-10-5-11-17-26)32(40)43-22-25-14-8-4-9-15-25/h3-17,19-20,27-28,30H,18,21-23,35H2,1-2H3,(H,37,41)(H,38,39). The first-order valence-corrected chi connectivity index (χ1v) is 14.2. The van der Waals surface area contributed by atoms with Crippen molar-refractivity contribution in [3.63, 3.8) is 0 Å². The van der Waals surface area contributed by atoms with Gasteiger partial charge in [-0.3, -0.25) is 14.4 Å². The fraction of sp³-hybridized carbons (Fsp3) is 0.294. The first-order chi connectivity index (χ1) is 20.7. The molecule has 43 heavy (non-hydrogen) atoms. The molecule has 3 aromatic carbocycles. The summed E-state index contributed by atoms with van der Waals surface area (Å²) in [6.45, 7) is 3.45. The average Bonchev–Trinajstić information content (AvgIpc) is 3.01. The molecule has 3 atom stereocenters. The maximum absolute atomic E-state index is 13.4. The van der Waals surface area contributed by atoms with Gasteiger partial charge >= 0.3 is 5.97 Å². The van der Waals surface area contributed by atoms with E-state index in [1.165, 1.54) is 0 Å². The lowest BCUT2D eigenvalue weighted by Crippen LogP contribution is -2.57. The minimum absolute atomic E-state index is 0.0819. The Labute approximate surface area is 252 Å². The Hall–Kier alpha value is -4.60. The molecule has 0 saturated carbocycles. The molecule has 2 amide bonds. The Balaban J connectivity index is 1.48. The third-order valence-electron chi connectivity index (χ3n) is 6.90. The molecule has 4 rings (SSSR count). The zero-order chi connectivity index (χ0) is 30.7. The van der Waals surface area contributed by atoms with Crippen LogP contribution in [-0.4, -0.2) is 42.2 Å². The van der Waals surface area contributed by atoms with Gasteiger partial charge < -0.3 is 25.8 Å². The monoisotopic (exact) mass is 582 g/mol. The van der Waals surface area contributed by atoms with Gasteiger partial charge in [-0.05, 0) is 43.0 Å². The quantitative estimate of drug-likeness (QED) is 0.261. The number of carbonyl (C=O) groups is 3. The van der Waals surface area contributed by atoms with E-state index in [0.29, 0.717) is 6.42 Å². The van der Waals surface area contributed by atoms with Gasteiger partial charge in [-0.15, -0.1) is 0 Å². The van der Waals surface area contributed by atoms with Crippen LogP contribution in [0, 0.1) is 5.92 Å². The van der Waals surface area contributed by atoms with Gasteiger partial charge in [0.2, 0.25) is 5.91 Å². The summed E-state index contributed by atoms with van der Waals surface area (Å²) >= 11 is 0. The van der Waals surface area contributed by atoms with Gasteiger partial charge in [-0.25, -0.2) is 4.99 Å². The number of nitrogens with two attached hydrogens (primary N) is 1. The number of aliphatic imine (C=N–C) groups is 1. The molecule has 0 saturated heterocycles. The first-order valence-electron chi connectivity index (χ1n) is 14.2. The van der Waals surface area contributed by atoms with Gasteiger partial charge in [0.05, 0.1) is 24.7 Å². The van der Waals surface area contributed by atoms with E-state index in [1.807, 2.05) is 91.0 Å². The van der Waals surface area contributed by atoms with Crippen molar-refractivity contribution in [2.75, 3.05) is 6.61 Å². The molecule has 9 heteroatoms. The van der Waals surface area contributed by atoms with Crippen LogP contribution in [0.3, 0.4) is 0 Å². The van der Waals surface area contributed by atoms with Crippen molar-refractivity contribution in [1.29, 1.82) is 0 Å². The summed E-state index contributed by atoms with van der Waals surface area (Å²) in [6.07, 6.45) is 3.90. The van der Waals surface area contributed by atoms with Crippen molar-refractivity contribution in [3.05, 3.63) is 120 Å². The van der Waals surface area contributed by atoms with E-state index in [9.17, 15) is 14.4 Å². The van der Waals surface area contributed by atoms with E-state index in [-0.39, 0.29) is 37.5 Å². The second-order valence-corrected chi connectivity index (χ2v) is 11.0. The molecule has 224 valence electrons. The van der Waals surface area contributed by atoms with Crippen LogP contribution in [-0.2, 0) is 37.1 Å². The minimum Gasteiger partial charge on any atom is -0.460 e. The fourth-order valence-electron chi connectivity index (χ4n) is 4.54. The highest BCUT2D eigenvalue weighted by Gasteiger charge is 2.33. The van der Waals surface area contributed by atoms with E-state index >= 15 is 0 Å². The zero-order valence-electron chi connectivity index (χ0n) is 24.4. The molecular weight excluding hydrogens is 544 g/mol. The number of carbonyl (C=O) groups excluding carboxylic acids is 3. The third kappa shape index (κ3) is 9.46. The minimum atomic E-state index is -1.20. The summed E-state index contributed by atoms with van der Waals surface area (Å²) in [5.41, 5.74) is 7.38. The van der Waals surface area contributed by atoms with Crippen molar-refractivity contribution in [2.24, 2.45) is 16.6 Å². The smallest absolute Gasteiger partial charge is 0.314 e. The Bertz CT molecular complexity index is 1420. The van der Waals surface area contributed by atoms with Gasteiger partial charge in [-0.1, -0.05) is 91.0 Å². The van der Waals surface area contributed by atoms with E-state index in [2.05, 4.69) is 15.6 Å². The van der Waals surface area contributed by atoms with Crippen molar-refractivity contribution >= 4 is 24.0 Å². The van der Waals surface area contributed by atoms with Crippen LogP contribution in [0.25, 0.3) is 0 Å². The van der Waals surface area contributed by atoms with E-state index < -0.39 is 29.3 Å². The summed E-state index contributed by atoms with van der Waals surface area (Å²) in [4.78, 5) is 43.9. The highest BCUT2D eigenvalue weighted by atomic mass is 16.5. The van der Waals surface area contributed by atoms with Crippen LogP contribution in [0.2, 0.25) is 0 Å². The molecule has 0 aromatic heterocycles. The topological polar surface area (TPSA) is 132 Å². The molecule has 3 unspecified atom stereocenters. The summed E-state index contributed by atoms with van der Waals surface area (Å²) in [6, 6.07) is 27.4. The number of esters is 1. The molecule has 0 fully saturated rings. The van der Waals surface area contributed by atoms with Crippen LogP contribution >= 0.6 is 0 Å². The lowest BCUT2D eigenvalue weighted by molar-refractivity contribution is -0.147. The molecule has 4 N–H and O–H groups in total. The molecule has 3 aromatic rings. The van der Waals surface area contributed by atoms with Crippen molar-refractivity contribution in [1.82, 2.24) is 10.6 Å². The van der Waals surface area contributed by atoms with Crippen molar-refractivity contribution in [3.8, 4) is 0 Å². The van der Waals surface area contributed by atoms with Gasteiger partial charge in [0.15, 0.2) is 0 Å². The number of nitrogens with zero attached hydrogens (tertiary/aromatic N) is 1. The second kappa shape index (κ2) is 15.0. The van der Waals surface area contributed by atoms with Crippen LogP contribution in [0.15, 0.2) is 108 Å². The van der Waals surface area contributed by atoms with Gasteiger partial charge in [0, 0.05) is 12.1 Å². The number of hydrogen-bond acceptors (Lipinski definition) is 7. The number of allylic oxidation sites excluding steroid dienone is 1. The van der Waals surface area contributed by atoms with Crippen LogP contribution in [0.1, 0.15) is 42.9 Å². The first kappa shape index (κ1) is 31.3. The molecule has 0 bridgehead atoms. The maximum atomic E-state index is 13.4. The zero-order valence-corrected chi connectivity index (χ0v) is 24.4. The number of ether oxygens (including phenoxy) is 2. The molecular formula is C34H38N4O5. The molecule has 0 spiro atoms. The van der Waals surface area contributed by atoms with Gasteiger partial charge in [0.1, 0.15) is 18.5 Å². The second-order valence-electron chi connectivity index (χ2n) is 11.0. The Morgan fingerprint density at radius 2 is 1.49 bits per heavy atom. The molecule has 0 radical (unpaired) electrons. The number of benzene rings is 3. The highest BCUT2D eigenvalue weighted by Crippen LogP contribution is 2.32. The summed E-state index contributed by atoms with van der Waals surface area (Å²) in [7, 11) is 0. The van der Waals surface area contributed by atoms with Gasteiger partial charge in [0.25, 0.3) is 5.91 Å². The van der Waals surface area contributed by atoms with Crippen LogP contribution in [0.4, 0.5) is 0 Å². The number of rotatable bonds is 13. The predicted molar refractivity (Wildman–Crippen MR) is 165 cm³/mol. The summed E-state index contributed by atoms with van der Waals surface area (Å²) in [5, 5.41) is 5.48. The normalized spacial score (nSPS) is 16.0. The lowest BCUT2D eigenvalue weighted by atomic mass is 9.83. The number of nitrogens with one attached hydrogen (secondary N) is 2. The third-order valence-corrected chi connectivity index (χ3v) is 6.90. The highest BCUT2D eigenvalue weighted by molar-refractivity contribution is 5.92. The van der Waals surface area contributed by atoms with Crippen molar-refractivity contribution < 1.29 is 23.9 Å². The van der Waals surface area contributed by atoms with E-state index in [4.69, 9.17) is 15.2 Å². The van der Waals surface area contributed by atoms with E-state index in [1.54, 1.807) is 26.1 Å². The SMILES string of the molecule is CC(C)(N)C(=O)NC(COCc1ccccc1)C(=O)NC1=CC(C(C(=O)OCc2ccccc2)c2ccccc2)CC=N1. The number of hydrogen-bond donors (Lipinski definition) is 3. The van der Waals surface area contributed by atoms with Crippen molar-refractivity contribution in [2.45, 2.75) is 51.0 Å².